The average Bonchev–Trinajstić information content (AvgIpc) is 2.51. The molecule has 6 heteroatoms. The van der Waals surface area contributed by atoms with Gasteiger partial charge in [0.2, 0.25) is 0 Å². The summed E-state index contributed by atoms with van der Waals surface area (Å²) in [6.45, 7) is 4.24. The zero-order valence-corrected chi connectivity index (χ0v) is 11.7. The van der Waals surface area contributed by atoms with Crippen molar-refractivity contribution in [1.82, 2.24) is 9.78 Å². The van der Waals surface area contributed by atoms with Gasteiger partial charge in [0.1, 0.15) is 6.10 Å². The van der Waals surface area contributed by atoms with Crippen LogP contribution in [0.2, 0.25) is 0 Å². The molecule has 1 unspecified atom stereocenters. The lowest BCUT2D eigenvalue weighted by Gasteiger charge is -2.28. The number of ether oxygens (including phenoxy) is 2. The third-order valence-electron chi connectivity index (χ3n) is 3.84. The molecule has 0 aromatic carbocycles. The second kappa shape index (κ2) is 6.37. The molecule has 0 radical (unpaired) electrons. The molecule has 3 rings (SSSR count). The Kier molecular flexibility index (Phi) is 4.32. The lowest BCUT2D eigenvalue weighted by Crippen LogP contribution is -2.37. The summed E-state index contributed by atoms with van der Waals surface area (Å²) in [5.74, 6) is 0. The molecule has 0 amide bonds. The van der Waals surface area contributed by atoms with Crippen molar-refractivity contribution in [2.75, 3.05) is 37.8 Å². The van der Waals surface area contributed by atoms with Crippen molar-refractivity contribution < 1.29 is 9.47 Å². The van der Waals surface area contributed by atoms with Crippen LogP contribution in [0.5, 0.6) is 0 Å². The number of anilines is 1. The standard InChI is InChI=1S/C14H21N3O3/c18-14-8-12(16-4-2-1-3-5-16)9-15-17(14)10-13-11-19-6-7-20-13/h8-9,13H,1-7,10-11H2. The predicted octanol–water partition coefficient (Wildman–Crippen LogP) is 0.649. The summed E-state index contributed by atoms with van der Waals surface area (Å²) >= 11 is 0. The van der Waals surface area contributed by atoms with E-state index in [1.54, 1.807) is 12.3 Å². The molecule has 1 aromatic rings. The zero-order chi connectivity index (χ0) is 13.8. The Morgan fingerprint density at radius 1 is 1.25 bits per heavy atom. The van der Waals surface area contributed by atoms with Gasteiger partial charge in [-0.1, -0.05) is 0 Å². The second-order valence-electron chi connectivity index (χ2n) is 5.35. The highest BCUT2D eigenvalue weighted by atomic mass is 16.6. The van der Waals surface area contributed by atoms with Crippen molar-refractivity contribution in [2.45, 2.75) is 31.9 Å². The minimum Gasteiger partial charge on any atom is -0.376 e. The normalized spacial score (nSPS) is 23.8. The van der Waals surface area contributed by atoms with Crippen LogP contribution < -0.4 is 10.5 Å². The van der Waals surface area contributed by atoms with Crippen LogP contribution in [0.1, 0.15) is 19.3 Å². The van der Waals surface area contributed by atoms with Crippen molar-refractivity contribution in [3.05, 3.63) is 22.6 Å². The van der Waals surface area contributed by atoms with Crippen LogP contribution in [0.4, 0.5) is 5.69 Å². The van der Waals surface area contributed by atoms with E-state index in [1.807, 2.05) is 0 Å². The molecular formula is C14H21N3O3. The quantitative estimate of drug-likeness (QED) is 0.813. The minimum atomic E-state index is -0.0743. The van der Waals surface area contributed by atoms with E-state index in [1.165, 1.54) is 23.9 Å². The SMILES string of the molecule is O=c1cc(N2CCCCC2)cnn1CC1COCCO1. The summed E-state index contributed by atoms with van der Waals surface area (Å²) in [4.78, 5) is 14.4. The number of hydrogen-bond acceptors (Lipinski definition) is 5. The Bertz CT molecular complexity index is 491. The zero-order valence-electron chi connectivity index (χ0n) is 11.7. The molecule has 1 aromatic heterocycles. The van der Waals surface area contributed by atoms with Gasteiger partial charge in [-0.2, -0.15) is 5.10 Å². The molecule has 110 valence electrons. The molecule has 20 heavy (non-hydrogen) atoms. The van der Waals surface area contributed by atoms with Gasteiger partial charge in [0.05, 0.1) is 38.2 Å². The van der Waals surface area contributed by atoms with Gasteiger partial charge in [-0.3, -0.25) is 4.79 Å². The number of piperidine rings is 1. The maximum absolute atomic E-state index is 12.1. The molecule has 6 nitrogen and oxygen atoms in total. The maximum Gasteiger partial charge on any atom is 0.268 e. The van der Waals surface area contributed by atoms with Crippen LogP contribution in [-0.2, 0) is 16.0 Å². The van der Waals surface area contributed by atoms with Crippen LogP contribution in [-0.4, -0.2) is 48.8 Å². The highest BCUT2D eigenvalue weighted by Gasteiger charge is 2.17. The van der Waals surface area contributed by atoms with E-state index in [0.717, 1.165) is 18.8 Å². The summed E-state index contributed by atoms with van der Waals surface area (Å²) in [7, 11) is 0. The summed E-state index contributed by atoms with van der Waals surface area (Å²) in [6.07, 6.45) is 5.37. The number of aromatic nitrogens is 2. The third kappa shape index (κ3) is 3.19. The maximum atomic E-state index is 12.1. The first kappa shape index (κ1) is 13.6. The van der Waals surface area contributed by atoms with E-state index < -0.39 is 0 Å². The Balaban J connectivity index is 1.68. The van der Waals surface area contributed by atoms with E-state index in [4.69, 9.17) is 9.47 Å². The highest BCUT2D eigenvalue weighted by Crippen LogP contribution is 2.16. The van der Waals surface area contributed by atoms with Crippen LogP contribution in [0, 0.1) is 0 Å². The first-order valence-electron chi connectivity index (χ1n) is 7.34. The summed E-state index contributed by atoms with van der Waals surface area (Å²) in [5.41, 5.74) is 0.869. The van der Waals surface area contributed by atoms with Gasteiger partial charge in [-0.05, 0) is 19.3 Å². The first-order valence-corrected chi connectivity index (χ1v) is 7.34. The van der Waals surface area contributed by atoms with Gasteiger partial charge in [0.25, 0.3) is 5.56 Å². The molecular weight excluding hydrogens is 258 g/mol. The van der Waals surface area contributed by atoms with E-state index in [2.05, 4.69) is 10.00 Å². The lowest BCUT2D eigenvalue weighted by molar-refractivity contribution is -0.0950. The summed E-state index contributed by atoms with van der Waals surface area (Å²) in [6, 6.07) is 1.68. The van der Waals surface area contributed by atoms with Crippen molar-refractivity contribution in [3.63, 3.8) is 0 Å². The molecule has 2 aliphatic heterocycles. The van der Waals surface area contributed by atoms with E-state index >= 15 is 0 Å². The second-order valence-corrected chi connectivity index (χ2v) is 5.35. The van der Waals surface area contributed by atoms with E-state index in [9.17, 15) is 4.79 Å². The van der Waals surface area contributed by atoms with E-state index in [-0.39, 0.29) is 11.7 Å². The molecule has 2 aliphatic rings. The smallest absolute Gasteiger partial charge is 0.268 e. The third-order valence-corrected chi connectivity index (χ3v) is 3.84. The Hall–Kier alpha value is -1.40. The molecule has 3 heterocycles. The molecule has 0 saturated carbocycles. The van der Waals surface area contributed by atoms with Gasteiger partial charge >= 0.3 is 0 Å². The minimum absolute atomic E-state index is 0.0674. The van der Waals surface area contributed by atoms with Crippen LogP contribution in [0.15, 0.2) is 17.1 Å². The van der Waals surface area contributed by atoms with Crippen molar-refractivity contribution in [2.24, 2.45) is 0 Å². The van der Waals surface area contributed by atoms with Crippen LogP contribution in [0.25, 0.3) is 0 Å². The molecule has 0 bridgehead atoms. The van der Waals surface area contributed by atoms with Crippen molar-refractivity contribution in [1.29, 1.82) is 0 Å². The number of rotatable bonds is 3. The van der Waals surface area contributed by atoms with Crippen molar-refractivity contribution in [3.8, 4) is 0 Å². The summed E-state index contributed by atoms with van der Waals surface area (Å²) in [5, 5.41) is 4.27. The van der Waals surface area contributed by atoms with Gasteiger partial charge in [0, 0.05) is 19.2 Å². The number of hydrogen-bond donors (Lipinski definition) is 0. The Morgan fingerprint density at radius 3 is 2.80 bits per heavy atom. The van der Waals surface area contributed by atoms with Crippen LogP contribution in [0.3, 0.4) is 0 Å². The van der Waals surface area contributed by atoms with Gasteiger partial charge in [-0.25, -0.2) is 4.68 Å². The fourth-order valence-electron chi connectivity index (χ4n) is 2.72. The summed E-state index contributed by atoms with van der Waals surface area (Å²) < 4.78 is 12.4. The Morgan fingerprint density at radius 2 is 2.10 bits per heavy atom. The first-order chi connectivity index (χ1) is 9.83. The monoisotopic (exact) mass is 279 g/mol. The molecule has 2 saturated heterocycles. The average molecular weight is 279 g/mol. The fourth-order valence-corrected chi connectivity index (χ4v) is 2.72. The fraction of sp³-hybridized carbons (Fsp3) is 0.714. The van der Waals surface area contributed by atoms with Crippen LogP contribution >= 0.6 is 0 Å². The molecule has 0 N–H and O–H groups in total. The topological polar surface area (TPSA) is 56.6 Å². The largest absolute Gasteiger partial charge is 0.376 e. The van der Waals surface area contributed by atoms with E-state index in [0.29, 0.717) is 26.4 Å². The molecule has 2 fully saturated rings. The molecule has 0 aliphatic carbocycles. The number of nitrogens with zero attached hydrogens (tertiary/aromatic N) is 3. The van der Waals surface area contributed by atoms with Gasteiger partial charge in [-0.15, -0.1) is 0 Å². The van der Waals surface area contributed by atoms with Crippen molar-refractivity contribution >= 4 is 5.69 Å². The van der Waals surface area contributed by atoms with Gasteiger partial charge in [0.15, 0.2) is 0 Å². The molecule has 1 atom stereocenters. The highest BCUT2D eigenvalue weighted by molar-refractivity contribution is 5.43. The van der Waals surface area contributed by atoms with Gasteiger partial charge < -0.3 is 14.4 Å². The Labute approximate surface area is 118 Å². The molecule has 0 spiro atoms. The predicted molar refractivity (Wildman–Crippen MR) is 75.1 cm³/mol. The lowest BCUT2D eigenvalue weighted by atomic mass is 10.1.